The molecule has 0 bridgehead atoms. The summed E-state index contributed by atoms with van der Waals surface area (Å²) in [5.41, 5.74) is 0.939. The summed E-state index contributed by atoms with van der Waals surface area (Å²) < 4.78 is 31.6. The number of hydrogen-bond donors (Lipinski definition) is 2. The molecular formula is C15H18N2O4S2. The van der Waals surface area contributed by atoms with Crippen molar-refractivity contribution >= 4 is 27.3 Å². The smallest absolute Gasteiger partial charge is 0.250 e. The quantitative estimate of drug-likeness (QED) is 0.753. The maximum absolute atomic E-state index is 11.9. The normalized spacial score (nSPS) is 12.7. The average Bonchev–Trinajstić information content (AvgIpc) is 3.10. The SMILES string of the molecule is COC(CNC(=O)CNS(=O)(=O)c1cccs1)c1ccccc1. The van der Waals surface area contributed by atoms with E-state index in [1.54, 1.807) is 18.6 Å². The molecule has 124 valence electrons. The molecule has 2 N–H and O–H groups in total. The zero-order valence-corrected chi connectivity index (χ0v) is 14.2. The Morgan fingerprint density at radius 1 is 1.22 bits per heavy atom. The second kappa shape index (κ2) is 8.21. The first-order valence-electron chi connectivity index (χ1n) is 6.90. The van der Waals surface area contributed by atoms with Crippen molar-refractivity contribution in [3.63, 3.8) is 0 Å². The molecule has 0 saturated heterocycles. The van der Waals surface area contributed by atoms with Gasteiger partial charge in [0.05, 0.1) is 12.6 Å². The van der Waals surface area contributed by atoms with Crippen LogP contribution < -0.4 is 10.0 Å². The summed E-state index contributed by atoms with van der Waals surface area (Å²) in [5, 5.41) is 4.33. The number of hydrogen-bond acceptors (Lipinski definition) is 5. The van der Waals surface area contributed by atoms with Crippen LogP contribution in [0.4, 0.5) is 0 Å². The number of ether oxygens (including phenoxy) is 1. The van der Waals surface area contributed by atoms with Crippen LogP contribution in [0.15, 0.2) is 52.1 Å². The Balaban J connectivity index is 1.83. The first-order chi connectivity index (χ1) is 11.0. The molecule has 0 spiro atoms. The zero-order valence-electron chi connectivity index (χ0n) is 12.6. The van der Waals surface area contributed by atoms with Crippen molar-refractivity contribution in [2.24, 2.45) is 0 Å². The van der Waals surface area contributed by atoms with Crippen LogP contribution >= 0.6 is 11.3 Å². The van der Waals surface area contributed by atoms with Gasteiger partial charge >= 0.3 is 0 Å². The third-order valence-electron chi connectivity index (χ3n) is 3.12. The van der Waals surface area contributed by atoms with E-state index < -0.39 is 15.9 Å². The van der Waals surface area contributed by atoms with Crippen LogP contribution in [0.3, 0.4) is 0 Å². The fourth-order valence-corrected chi connectivity index (χ4v) is 3.94. The zero-order chi connectivity index (χ0) is 16.7. The standard InChI is InChI=1S/C15H18N2O4S2/c1-21-13(12-6-3-2-4-7-12)10-16-14(18)11-17-23(19,20)15-8-5-9-22-15/h2-9,13,17H,10-11H2,1H3,(H,16,18). The number of rotatable bonds is 8. The van der Waals surface area contributed by atoms with Gasteiger partial charge in [0.2, 0.25) is 5.91 Å². The molecule has 1 heterocycles. The highest BCUT2D eigenvalue weighted by Gasteiger charge is 2.17. The molecule has 8 heteroatoms. The lowest BCUT2D eigenvalue weighted by atomic mass is 10.1. The molecule has 6 nitrogen and oxygen atoms in total. The molecule has 0 saturated carbocycles. The van der Waals surface area contributed by atoms with Gasteiger partial charge in [-0.1, -0.05) is 36.4 Å². The Hall–Kier alpha value is -1.74. The molecular weight excluding hydrogens is 336 g/mol. The second-order valence-electron chi connectivity index (χ2n) is 4.70. The average molecular weight is 354 g/mol. The number of carbonyl (C=O) groups excluding carboxylic acids is 1. The van der Waals surface area contributed by atoms with Crippen molar-refractivity contribution in [2.75, 3.05) is 20.2 Å². The second-order valence-corrected chi connectivity index (χ2v) is 7.64. The lowest BCUT2D eigenvalue weighted by Gasteiger charge is -2.16. The van der Waals surface area contributed by atoms with Crippen LogP contribution in [-0.2, 0) is 19.6 Å². The highest BCUT2D eigenvalue weighted by Crippen LogP contribution is 2.15. The van der Waals surface area contributed by atoms with Crippen molar-refractivity contribution in [1.82, 2.24) is 10.0 Å². The van der Waals surface area contributed by atoms with E-state index >= 15 is 0 Å². The van der Waals surface area contributed by atoms with Gasteiger partial charge in [-0.3, -0.25) is 4.79 Å². The number of methoxy groups -OCH3 is 1. The van der Waals surface area contributed by atoms with Gasteiger partial charge < -0.3 is 10.1 Å². The summed E-state index contributed by atoms with van der Waals surface area (Å²) >= 11 is 1.10. The molecule has 2 rings (SSSR count). The van der Waals surface area contributed by atoms with E-state index in [9.17, 15) is 13.2 Å². The molecule has 0 fully saturated rings. The predicted molar refractivity (Wildman–Crippen MR) is 88.7 cm³/mol. The summed E-state index contributed by atoms with van der Waals surface area (Å²) in [7, 11) is -2.07. The molecule has 1 amide bonds. The molecule has 1 aromatic carbocycles. The summed E-state index contributed by atoms with van der Waals surface area (Å²) in [5.74, 6) is -0.414. The molecule has 1 atom stereocenters. The van der Waals surface area contributed by atoms with Crippen molar-refractivity contribution < 1.29 is 17.9 Å². The topological polar surface area (TPSA) is 84.5 Å². The molecule has 2 aromatic rings. The minimum absolute atomic E-state index is 0.185. The van der Waals surface area contributed by atoms with Gasteiger partial charge in [-0.15, -0.1) is 11.3 Å². The number of amides is 1. The van der Waals surface area contributed by atoms with Crippen molar-refractivity contribution in [1.29, 1.82) is 0 Å². The van der Waals surface area contributed by atoms with Crippen LogP contribution in [0.2, 0.25) is 0 Å². The Morgan fingerprint density at radius 2 is 1.96 bits per heavy atom. The maximum atomic E-state index is 11.9. The summed E-state index contributed by atoms with van der Waals surface area (Å²) in [6.07, 6.45) is -0.283. The van der Waals surface area contributed by atoms with Gasteiger partial charge in [0.25, 0.3) is 10.0 Å². The van der Waals surface area contributed by atoms with Gasteiger partial charge in [0.1, 0.15) is 4.21 Å². The Labute approximate surface area is 139 Å². The number of sulfonamides is 1. The fourth-order valence-electron chi connectivity index (χ4n) is 1.92. The Bertz CT molecular complexity index is 715. The van der Waals surface area contributed by atoms with Crippen LogP contribution in [0, 0.1) is 0 Å². The van der Waals surface area contributed by atoms with E-state index in [2.05, 4.69) is 10.0 Å². The largest absolute Gasteiger partial charge is 0.375 e. The number of benzene rings is 1. The lowest BCUT2D eigenvalue weighted by molar-refractivity contribution is -0.120. The van der Waals surface area contributed by atoms with Crippen LogP contribution in [0.5, 0.6) is 0 Å². The van der Waals surface area contributed by atoms with E-state index in [1.165, 1.54) is 6.07 Å². The van der Waals surface area contributed by atoms with Crippen LogP contribution in [0.1, 0.15) is 11.7 Å². The first kappa shape index (κ1) is 17.6. The van der Waals surface area contributed by atoms with Crippen molar-refractivity contribution in [3.05, 3.63) is 53.4 Å². The lowest BCUT2D eigenvalue weighted by Crippen LogP contribution is -2.38. The summed E-state index contributed by atoms with van der Waals surface area (Å²) in [4.78, 5) is 11.8. The molecule has 23 heavy (non-hydrogen) atoms. The van der Waals surface area contributed by atoms with E-state index in [0.29, 0.717) is 0 Å². The number of carbonyl (C=O) groups is 1. The predicted octanol–water partition coefficient (Wildman–Crippen LogP) is 1.53. The minimum atomic E-state index is -3.63. The number of thiophene rings is 1. The third-order valence-corrected chi connectivity index (χ3v) is 5.92. The maximum Gasteiger partial charge on any atom is 0.250 e. The van der Waals surface area contributed by atoms with E-state index in [-0.39, 0.29) is 23.4 Å². The van der Waals surface area contributed by atoms with E-state index in [4.69, 9.17) is 4.74 Å². The fraction of sp³-hybridized carbons (Fsp3) is 0.267. The van der Waals surface area contributed by atoms with Gasteiger partial charge in [-0.2, -0.15) is 0 Å². The number of nitrogens with one attached hydrogen (secondary N) is 2. The molecule has 0 aliphatic rings. The van der Waals surface area contributed by atoms with Crippen molar-refractivity contribution in [3.8, 4) is 0 Å². The van der Waals surface area contributed by atoms with Crippen LogP contribution in [-0.4, -0.2) is 34.5 Å². The summed E-state index contributed by atoms with van der Waals surface area (Å²) in [6.45, 7) is -0.0501. The first-order valence-corrected chi connectivity index (χ1v) is 9.27. The van der Waals surface area contributed by atoms with Gasteiger partial charge in [-0.25, -0.2) is 13.1 Å². The van der Waals surface area contributed by atoms with Gasteiger partial charge in [0.15, 0.2) is 0 Å². The Morgan fingerprint density at radius 3 is 2.57 bits per heavy atom. The Kier molecular flexibility index (Phi) is 6.28. The monoisotopic (exact) mass is 354 g/mol. The highest BCUT2D eigenvalue weighted by molar-refractivity contribution is 7.91. The van der Waals surface area contributed by atoms with E-state index in [0.717, 1.165) is 16.9 Å². The van der Waals surface area contributed by atoms with Crippen LogP contribution in [0.25, 0.3) is 0 Å². The molecule has 0 aliphatic heterocycles. The third kappa shape index (κ3) is 5.14. The molecule has 0 aliphatic carbocycles. The molecule has 1 unspecified atom stereocenters. The minimum Gasteiger partial charge on any atom is -0.375 e. The van der Waals surface area contributed by atoms with Crippen molar-refractivity contribution in [2.45, 2.75) is 10.3 Å². The van der Waals surface area contributed by atoms with Gasteiger partial charge in [-0.05, 0) is 17.0 Å². The summed E-state index contributed by atoms with van der Waals surface area (Å²) in [6, 6.07) is 12.6. The van der Waals surface area contributed by atoms with E-state index in [1.807, 2.05) is 30.3 Å². The molecule has 0 radical (unpaired) electrons. The molecule has 1 aromatic heterocycles. The van der Waals surface area contributed by atoms with Gasteiger partial charge in [0, 0.05) is 13.7 Å². The highest BCUT2D eigenvalue weighted by atomic mass is 32.2.